The molecule has 1 aliphatic carbocycles. The topological polar surface area (TPSA) is 65.1 Å². The summed E-state index contributed by atoms with van der Waals surface area (Å²) >= 11 is 0. The first-order valence-electron chi connectivity index (χ1n) is 13.5. The second-order valence-electron chi connectivity index (χ2n) is 11.1. The number of hydrogen-bond acceptors (Lipinski definition) is 5. The van der Waals surface area contributed by atoms with E-state index in [9.17, 15) is 9.59 Å². The maximum absolute atomic E-state index is 13.7. The highest BCUT2D eigenvalue weighted by molar-refractivity contribution is 5.95. The molecule has 2 fully saturated rings. The highest BCUT2D eigenvalue weighted by Crippen LogP contribution is 2.33. The molecular formula is C30H42N4O3. The Labute approximate surface area is 221 Å². The molecule has 0 atom stereocenters. The fraction of sp³-hybridized carbons (Fsp3) is 0.533. The van der Waals surface area contributed by atoms with Crippen molar-refractivity contribution in [2.75, 3.05) is 51.1 Å². The van der Waals surface area contributed by atoms with Crippen LogP contribution in [0.25, 0.3) is 0 Å². The summed E-state index contributed by atoms with van der Waals surface area (Å²) in [6.45, 7) is 7.53. The van der Waals surface area contributed by atoms with Gasteiger partial charge in [-0.1, -0.05) is 13.8 Å². The fourth-order valence-corrected chi connectivity index (χ4v) is 5.08. The fourth-order valence-electron chi connectivity index (χ4n) is 5.08. The van der Waals surface area contributed by atoms with E-state index >= 15 is 0 Å². The van der Waals surface area contributed by atoms with Gasteiger partial charge in [0.1, 0.15) is 5.75 Å². The Morgan fingerprint density at radius 1 is 1.05 bits per heavy atom. The molecule has 0 bridgehead atoms. The third-order valence-electron chi connectivity index (χ3n) is 7.48. The van der Waals surface area contributed by atoms with E-state index in [1.54, 1.807) is 7.11 Å². The molecule has 1 heterocycles. The van der Waals surface area contributed by atoms with Crippen molar-refractivity contribution in [1.29, 1.82) is 0 Å². The molecule has 1 saturated carbocycles. The summed E-state index contributed by atoms with van der Waals surface area (Å²) in [6.07, 6.45) is 4.14. The molecular weight excluding hydrogens is 464 g/mol. The summed E-state index contributed by atoms with van der Waals surface area (Å²) in [7, 11) is 5.96. The maximum Gasteiger partial charge on any atom is 0.254 e. The molecule has 0 radical (unpaired) electrons. The number of methoxy groups -OCH3 is 1. The monoisotopic (exact) mass is 506 g/mol. The van der Waals surface area contributed by atoms with Gasteiger partial charge in [-0.2, -0.15) is 0 Å². The zero-order chi connectivity index (χ0) is 26.5. The number of piperidine rings is 1. The molecule has 2 amide bonds. The minimum atomic E-state index is -0.00309. The number of ether oxygens (including phenoxy) is 1. The summed E-state index contributed by atoms with van der Waals surface area (Å²) in [5.41, 5.74) is 3.62. The van der Waals surface area contributed by atoms with Gasteiger partial charge >= 0.3 is 0 Å². The Kier molecular flexibility index (Phi) is 8.75. The third kappa shape index (κ3) is 7.04. The number of carbonyl (C=O) groups is 2. The minimum Gasteiger partial charge on any atom is -0.497 e. The van der Waals surface area contributed by atoms with Gasteiger partial charge in [0.2, 0.25) is 5.91 Å². The van der Waals surface area contributed by atoms with Gasteiger partial charge in [-0.15, -0.1) is 0 Å². The molecule has 200 valence electrons. The number of carbonyl (C=O) groups excluding carboxylic acids is 2. The molecule has 2 aromatic carbocycles. The van der Waals surface area contributed by atoms with Gasteiger partial charge in [0.05, 0.1) is 7.11 Å². The van der Waals surface area contributed by atoms with Crippen molar-refractivity contribution >= 4 is 23.2 Å². The molecule has 1 saturated heterocycles. The summed E-state index contributed by atoms with van der Waals surface area (Å²) in [5.74, 6) is 1.27. The van der Waals surface area contributed by atoms with Crippen LogP contribution in [-0.2, 0) is 11.3 Å². The van der Waals surface area contributed by atoms with Crippen LogP contribution in [-0.4, -0.2) is 68.5 Å². The Bertz CT molecular complexity index is 1070. The van der Waals surface area contributed by atoms with Gasteiger partial charge < -0.3 is 24.8 Å². The first kappa shape index (κ1) is 27.0. The number of anilines is 2. The van der Waals surface area contributed by atoms with Crippen LogP contribution < -0.4 is 15.0 Å². The van der Waals surface area contributed by atoms with E-state index in [4.69, 9.17) is 4.74 Å². The number of hydrogen-bond donors (Lipinski definition) is 1. The molecule has 37 heavy (non-hydrogen) atoms. The van der Waals surface area contributed by atoms with Gasteiger partial charge in [-0.3, -0.25) is 9.59 Å². The molecule has 0 aromatic heterocycles. The van der Waals surface area contributed by atoms with Crippen molar-refractivity contribution in [2.24, 2.45) is 11.8 Å². The number of nitrogens with zero attached hydrogens (tertiary/aromatic N) is 3. The molecule has 0 unspecified atom stereocenters. The number of nitrogens with one attached hydrogen (secondary N) is 1. The molecule has 4 rings (SSSR count). The van der Waals surface area contributed by atoms with Crippen LogP contribution in [0.3, 0.4) is 0 Å². The second-order valence-corrected chi connectivity index (χ2v) is 11.1. The van der Waals surface area contributed by atoms with E-state index in [-0.39, 0.29) is 17.7 Å². The van der Waals surface area contributed by atoms with Crippen molar-refractivity contribution < 1.29 is 14.3 Å². The average Bonchev–Trinajstić information content (AvgIpc) is 3.74. The zero-order valence-electron chi connectivity index (χ0n) is 23.0. The molecule has 2 aromatic rings. The van der Waals surface area contributed by atoms with Gasteiger partial charge in [-0.25, -0.2) is 0 Å². The van der Waals surface area contributed by atoms with Crippen molar-refractivity contribution in [1.82, 2.24) is 9.80 Å². The highest BCUT2D eigenvalue weighted by Gasteiger charge is 2.30. The number of rotatable bonds is 10. The lowest BCUT2D eigenvalue weighted by Gasteiger charge is -2.38. The zero-order valence-corrected chi connectivity index (χ0v) is 23.0. The molecule has 0 spiro atoms. The minimum absolute atomic E-state index is 0.00309. The molecule has 1 N–H and O–H groups in total. The van der Waals surface area contributed by atoms with Gasteiger partial charge in [0.15, 0.2) is 0 Å². The lowest BCUT2D eigenvalue weighted by molar-refractivity contribution is -0.117. The van der Waals surface area contributed by atoms with E-state index in [1.165, 1.54) is 0 Å². The van der Waals surface area contributed by atoms with Gasteiger partial charge in [-0.05, 0) is 99.8 Å². The molecule has 1 aliphatic heterocycles. The van der Waals surface area contributed by atoms with Crippen LogP contribution in [0.5, 0.6) is 5.75 Å². The van der Waals surface area contributed by atoms with Gasteiger partial charge in [0.25, 0.3) is 5.91 Å². The average molecular weight is 507 g/mol. The van der Waals surface area contributed by atoms with Crippen LogP contribution in [0.2, 0.25) is 0 Å². The number of amides is 2. The Hall–Kier alpha value is -3.06. The number of likely N-dealkylation sites (tertiary alicyclic amines) is 1. The summed E-state index contributed by atoms with van der Waals surface area (Å²) in [6, 6.07) is 13.9. The van der Waals surface area contributed by atoms with Crippen molar-refractivity contribution in [3.63, 3.8) is 0 Å². The van der Waals surface area contributed by atoms with E-state index in [0.717, 1.165) is 61.5 Å². The predicted molar refractivity (Wildman–Crippen MR) is 149 cm³/mol. The van der Waals surface area contributed by atoms with Crippen molar-refractivity contribution in [2.45, 2.75) is 52.1 Å². The maximum atomic E-state index is 13.7. The first-order chi connectivity index (χ1) is 17.7. The van der Waals surface area contributed by atoms with E-state index in [2.05, 4.69) is 55.2 Å². The molecule has 2 aliphatic rings. The summed E-state index contributed by atoms with van der Waals surface area (Å²) in [4.78, 5) is 32.8. The lowest BCUT2D eigenvalue weighted by Crippen LogP contribution is -2.42. The second kappa shape index (κ2) is 12.0. The van der Waals surface area contributed by atoms with Crippen LogP contribution >= 0.6 is 0 Å². The smallest absolute Gasteiger partial charge is 0.254 e. The van der Waals surface area contributed by atoms with E-state index in [1.807, 2.05) is 35.2 Å². The largest absolute Gasteiger partial charge is 0.497 e. The summed E-state index contributed by atoms with van der Waals surface area (Å²) < 4.78 is 5.27. The quantitative estimate of drug-likeness (QED) is 0.498. The van der Waals surface area contributed by atoms with E-state index < -0.39 is 0 Å². The van der Waals surface area contributed by atoms with Gasteiger partial charge in [0, 0.05) is 49.0 Å². The predicted octanol–water partition coefficient (Wildman–Crippen LogP) is 4.87. The standard InChI is InChI=1S/C30H42N4O3/c1-21(2)19-34(30(36)23-8-11-27(37-5)12-9-23)20-24-18-25(31-29(35)22-6-7-22)10-13-28(24)33(4)26-14-16-32(3)17-15-26/h8-13,18,21-22,26H,6-7,14-17,19-20H2,1-5H3,(H,31,35). The number of benzene rings is 2. The van der Waals surface area contributed by atoms with Crippen LogP contribution in [0.4, 0.5) is 11.4 Å². The van der Waals surface area contributed by atoms with E-state index in [0.29, 0.717) is 30.6 Å². The Morgan fingerprint density at radius 3 is 2.32 bits per heavy atom. The Balaban J connectivity index is 1.63. The van der Waals surface area contributed by atoms with Crippen LogP contribution in [0.1, 0.15) is 55.5 Å². The van der Waals surface area contributed by atoms with Crippen molar-refractivity contribution in [3.8, 4) is 5.75 Å². The molecule has 7 heteroatoms. The Morgan fingerprint density at radius 2 is 1.73 bits per heavy atom. The highest BCUT2D eigenvalue weighted by atomic mass is 16.5. The molecule has 7 nitrogen and oxygen atoms in total. The third-order valence-corrected chi connectivity index (χ3v) is 7.48. The normalized spacial score (nSPS) is 16.5. The SMILES string of the molecule is COc1ccc(C(=O)N(Cc2cc(NC(=O)C3CC3)ccc2N(C)C2CCN(C)CC2)CC(C)C)cc1. The van der Waals surface area contributed by atoms with Crippen LogP contribution in [0.15, 0.2) is 42.5 Å². The summed E-state index contributed by atoms with van der Waals surface area (Å²) in [5, 5.41) is 3.10. The first-order valence-corrected chi connectivity index (χ1v) is 13.5. The van der Waals surface area contributed by atoms with Crippen LogP contribution in [0, 0.1) is 11.8 Å². The van der Waals surface area contributed by atoms with Crippen molar-refractivity contribution in [3.05, 3.63) is 53.6 Å². The lowest BCUT2D eigenvalue weighted by atomic mass is 10.0.